The van der Waals surface area contributed by atoms with Crippen LogP contribution in [0.4, 0.5) is 0 Å². The average molecular weight is 304 g/mol. The summed E-state index contributed by atoms with van der Waals surface area (Å²) in [4.78, 5) is 12.8. The third-order valence-corrected chi connectivity index (χ3v) is 4.56. The molecule has 3 rings (SSSR count). The molecule has 23 heavy (non-hydrogen) atoms. The van der Waals surface area contributed by atoms with Crippen molar-refractivity contribution in [2.24, 2.45) is 0 Å². The van der Waals surface area contributed by atoms with Crippen LogP contribution in [-0.4, -0.2) is 5.78 Å². The fraction of sp³-hybridized carbons (Fsp3) is 0.318. The Morgan fingerprint density at radius 3 is 2.30 bits per heavy atom. The molecule has 0 atom stereocenters. The van der Waals surface area contributed by atoms with E-state index >= 15 is 0 Å². The van der Waals surface area contributed by atoms with E-state index in [1.54, 1.807) is 0 Å². The molecule has 0 saturated carbocycles. The average Bonchev–Trinajstić information content (AvgIpc) is 2.67. The van der Waals surface area contributed by atoms with Crippen molar-refractivity contribution in [2.75, 3.05) is 0 Å². The molecular formula is C22H24O. The van der Waals surface area contributed by atoms with Crippen molar-refractivity contribution in [1.82, 2.24) is 0 Å². The third kappa shape index (κ3) is 3.44. The van der Waals surface area contributed by atoms with Gasteiger partial charge in [-0.1, -0.05) is 69.3 Å². The summed E-state index contributed by atoms with van der Waals surface area (Å²) in [7, 11) is 0. The molecule has 0 fully saturated rings. The van der Waals surface area contributed by atoms with Crippen LogP contribution < -0.4 is 0 Å². The zero-order valence-electron chi connectivity index (χ0n) is 14.2. The van der Waals surface area contributed by atoms with Gasteiger partial charge < -0.3 is 0 Å². The summed E-state index contributed by atoms with van der Waals surface area (Å²) in [6, 6.07) is 16.6. The maximum absolute atomic E-state index is 12.8. The fourth-order valence-corrected chi connectivity index (χ4v) is 3.13. The molecule has 0 bridgehead atoms. The molecule has 0 unspecified atom stereocenters. The fourth-order valence-electron chi connectivity index (χ4n) is 3.13. The standard InChI is InChI=1S/C22H24O/c1-22(2,3)19-13-11-16(12-14-19)15-18-9-6-8-17-7-4-5-10-20(17)21(18)23/h4-5,7,10-15H,6,8-9H2,1-3H3. The van der Waals surface area contributed by atoms with Crippen molar-refractivity contribution >= 4 is 11.9 Å². The zero-order valence-corrected chi connectivity index (χ0v) is 14.2. The number of aryl methyl sites for hydroxylation is 1. The number of ketones is 1. The topological polar surface area (TPSA) is 17.1 Å². The summed E-state index contributed by atoms with van der Waals surface area (Å²) in [6.45, 7) is 6.64. The van der Waals surface area contributed by atoms with Crippen LogP contribution in [0.25, 0.3) is 6.08 Å². The van der Waals surface area contributed by atoms with Crippen molar-refractivity contribution in [2.45, 2.75) is 45.4 Å². The van der Waals surface area contributed by atoms with Gasteiger partial charge in [0.15, 0.2) is 5.78 Å². The van der Waals surface area contributed by atoms with Gasteiger partial charge in [0.2, 0.25) is 0 Å². The van der Waals surface area contributed by atoms with Gasteiger partial charge in [-0.2, -0.15) is 0 Å². The van der Waals surface area contributed by atoms with Crippen LogP contribution in [0, 0.1) is 0 Å². The van der Waals surface area contributed by atoms with E-state index in [0.717, 1.165) is 36.0 Å². The normalized spacial score (nSPS) is 17.0. The number of rotatable bonds is 1. The minimum atomic E-state index is 0.156. The van der Waals surface area contributed by atoms with Gasteiger partial charge in [0.05, 0.1) is 0 Å². The first-order valence-electron chi connectivity index (χ1n) is 8.39. The number of carbonyl (C=O) groups excluding carboxylic acids is 1. The Morgan fingerprint density at radius 1 is 0.913 bits per heavy atom. The molecule has 0 spiro atoms. The zero-order chi connectivity index (χ0) is 16.4. The summed E-state index contributed by atoms with van der Waals surface area (Å²) in [5, 5.41) is 0. The lowest BCUT2D eigenvalue weighted by atomic mass is 9.86. The van der Waals surface area contributed by atoms with Crippen molar-refractivity contribution < 1.29 is 4.79 Å². The Balaban J connectivity index is 1.92. The molecule has 2 aromatic carbocycles. The molecule has 0 aromatic heterocycles. The molecular weight excluding hydrogens is 280 g/mol. The molecule has 0 saturated heterocycles. The van der Waals surface area contributed by atoms with E-state index in [1.807, 2.05) is 18.2 Å². The maximum Gasteiger partial charge on any atom is 0.189 e. The molecule has 1 aliphatic carbocycles. The number of Topliss-reactive ketones (excluding diaryl/α,β-unsaturated/α-hetero) is 1. The molecule has 0 aliphatic heterocycles. The Kier molecular flexibility index (Phi) is 4.21. The highest BCUT2D eigenvalue weighted by molar-refractivity contribution is 6.12. The van der Waals surface area contributed by atoms with Gasteiger partial charge >= 0.3 is 0 Å². The van der Waals surface area contributed by atoms with Crippen molar-refractivity contribution in [3.8, 4) is 0 Å². The molecule has 0 radical (unpaired) electrons. The lowest BCUT2D eigenvalue weighted by molar-refractivity contribution is 0.103. The van der Waals surface area contributed by atoms with E-state index in [4.69, 9.17) is 0 Å². The van der Waals surface area contributed by atoms with Crippen LogP contribution in [0.1, 0.15) is 60.7 Å². The summed E-state index contributed by atoms with van der Waals surface area (Å²) in [5.74, 6) is 0.193. The van der Waals surface area contributed by atoms with Gasteiger partial charge in [-0.25, -0.2) is 0 Å². The van der Waals surface area contributed by atoms with Crippen molar-refractivity contribution in [1.29, 1.82) is 0 Å². The minimum absolute atomic E-state index is 0.156. The Bertz CT molecular complexity index is 742. The Morgan fingerprint density at radius 2 is 1.61 bits per heavy atom. The number of hydrogen-bond donors (Lipinski definition) is 0. The predicted octanol–water partition coefficient (Wildman–Crippen LogP) is 5.59. The van der Waals surface area contributed by atoms with Crippen LogP contribution in [-0.2, 0) is 11.8 Å². The lowest BCUT2D eigenvalue weighted by Crippen LogP contribution is -2.10. The maximum atomic E-state index is 12.8. The second-order valence-corrected chi connectivity index (χ2v) is 7.38. The first-order valence-corrected chi connectivity index (χ1v) is 8.39. The van der Waals surface area contributed by atoms with E-state index in [1.165, 1.54) is 11.1 Å². The van der Waals surface area contributed by atoms with Gasteiger partial charge in [0, 0.05) is 11.1 Å². The molecule has 1 aliphatic rings. The Labute approximate surface area is 139 Å². The first kappa shape index (κ1) is 15.7. The smallest absolute Gasteiger partial charge is 0.189 e. The highest BCUT2D eigenvalue weighted by Gasteiger charge is 2.19. The SMILES string of the molecule is CC(C)(C)c1ccc(C=C2CCCc3ccccc3C2=O)cc1. The molecule has 0 amide bonds. The van der Waals surface area contributed by atoms with Crippen molar-refractivity contribution in [3.63, 3.8) is 0 Å². The molecule has 1 heteroatoms. The van der Waals surface area contributed by atoms with Crippen molar-refractivity contribution in [3.05, 3.63) is 76.4 Å². The van der Waals surface area contributed by atoms with E-state index in [0.29, 0.717) is 0 Å². The number of hydrogen-bond acceptors (Lipinski definition) is 1. The second kappa shape index (κ2) is 6.16. The molecule has 118 valence electrons. The number of allylic oxidation sites excluding steroid dienone is 1. The lowest BCUT2D eigenvalue weighted by Gasteiger charge is -2.18. The van der Waals surface area contributed by atoms with Crippen LogP contribution in [0.3, 0.4) is 0 Å². The van der Waals surface area contributed by atoms with Gasteiger partial charge in [0.25, 0.3) is 0 Å². The minimum Gasteiger partial charge on any atom is -0.289 e. The van der Waals surface area contributed by atoms with Gasteiger partial charge in [0.1, 0.15) is 0 Å². The largest absolute Gasteiger partial charge is 0.289 e. The van der Waals surface area contributed by atoms with Gasteiger partial charge in [-0.05, 0) is 47.4 Å². The Hall–Kier alpha value is -2.15. The summed E-state index contributed by atoms with van der Waals surface area (Å²) in [6.07, 6.45) is 4.95. The molecule has 0 N–H and O–H groups in total. The third-order valence-electron chi connectivity index (χ3n) is 4.56. The number of fused-ring (bicyclic) bond motifs is 1. The van der Waals surface area contributed by atoms with Crippen LogP contribution >= 0.6 is 0 Å². The van der Waals surface area contributed by atoms with E-state index in [-0.39, 0.29) is 11.2 Å². The second-order valence-electron chi connectivity index (χ2n) is 7.38. The molecule has 1 nitrogen and oxygen atoms in total. The van der Waals surface area contributed by atoms with Crippen LogP contribution in [0.5, 0.6) is 0 Å². The monoisotopic (exact) mass is 304 g/mol. The molecule has 2 aromatic rings. The van der Waals surface area contributed by atoms with Crippen LogP contribution in [0.2, 0.25) is 0 Å². The van der Waals surface area contributed by atoms with E-state index < -0.39 is 0 Å². The molecule has 0 heterocycles. The van der Waals surface area contributed by atoms with E-state index in [2.05, 4.69) is 57.2 Å². The van der Waals surface area contributed by atoms with Gasteiger partial charge in [-0.3, -0.25) is 4.79 Å². The summed E-state index contributed by atoms with van der Waals surface area (Å²) < 4.78 is 0. The predicted molar refractivity (Wildman–Crippen MR) is 96.8 cm³/mol. The highest BCUT2D eigenvalue weighted by Crippen LogP contribution is 2.27. The quantitative estimate of drug-likeness (QED) is 0.496. The van der Waals surface area contributed by atoms with E-state index in [9.17, 15) is 4.79 Å². The number of carbonyl (C=O) groups is 1. The number of benzene rings is 2. The first-order chi connectivity index (χ1) is 10.9. The highest BCUT2D eigenvalue weighted by atomic mass is 16.1. The van der Waals surface area contributed by atoms with Crippen LogP contribution in [0.15, 0.2) is 54.1 Å². The van der Waals surface area contributed by atoms with Gasteiger partial charge in [-0.15, -0.1) is 0 Å². The summed E-state index contributed by atoms with van der Waals surface area (Å²) >= 11 is 0. The summed E-state index contributed by atoms with van der Waals surface area (Å²) in [5.41, 5.74) is 5.57.